The Labute approximate surface area is 148 Å². The first-order valence-electron chi connectivity index (χ1n) is 8.57. The van der Waals surface area contributed by atoms with Crippen molar-refractivity contribution in [2.75, 3.05) is 6.61 Å². The number of ether oxygens (including phenoxy) is 1. The number of aromatic nitrogens is 2. The highest BCUT2D eigenvalue weighted by atomic mass is 16.5. The molecule has 25 heavy (non-hydrogen) atoms. The Kier molecular flexibility index (Phi) is 5.15. The molecule has 0 aliphatic heterocycles. The fourth-order valence-electron chi connectivity index (χ4n) is 2.85. The number of imidazole rings is 1. The van der Waals surface area contributed by atoms with Crippen molar-refractivity contribution in [2.24, 2.45) is 0 Å². The molecule has 0 spiro atoms. The van der Waals surface area contributed by atoms with Crippen molar-refractivity contribution >= 4 is 22.7 Å². The number of nitriles is 1. The van der Waals surface area contributed by atoms with E-state index in [2.05, 4.69) is 29.5 Å². The van der Waals surface area contributed by atoms with Gasteiger partial charge in [-0.05, 0) is 37.6 Å². The lowest BCUT2D eigenvalue weighted by molar-refractivity contribution is 0.317. The molecule has 0 saturated carbocycles. The Bertz CT molecular complexity index is 947. The smallest absolute Gasteiger partial charge is 0.151 e. The van der Waals surface area contributed by atoms with Crippen LogP contribution in [0, 0.1) is 11.3 Å². The van der Waals surface area contributed by atoms with Gasteiger partial charge in [0.15, 0.2) is 5.82 Å². The molecule has 4 heteroatoms. The summed E-state index contributed by atoms with van der Waals surface area (Å²) < 4.78 is 7.87. The molecule has 2 aromatic carbocycles. The summed E-state index contributed by atoms with van der Waals surface area (Å²) in [6.45, 7) is 5.54. The maximum Gasteiger partial charge on any atom is 0.151 e. The van der Waals surface area contributed by atoms with Crippen LogP contribution in [0.4, 0.5) is 0 Å². The lowest BCUT2D eigenvalue weighted by Crippen LogP contribution is -2.01. The van der Waals surface area contributed by atoms with Crippen LogP contribution in [0.5, 0.6) is 5.75 Å². The quantitative estimate of drug-likeness (QED) is 0.603. The molecule has 4 nitrogen and oxygen atoms in total. The summed E-state index contributed by atoms with van der Waals surface area (Å²) in [5.41, 5.74) is 3.36. The van der Waals surface area contributed by atoms with E-state index in [1.54, 1.807) is 0 Å². The number of rotatable bonds is 6. The molecule has 0 N–H and O–H groups in total. The highest BCUT2D eigenvalue weighted by molar-refractivity contribution is 5.91. The zero-order valence-electron chi connectivity index (χ0n) is 14.6. The van der Waals surface area contributed by atoms with Gasteiger partial charge in [0.25, 0.3) is 0 Å². The standard InChI is InChI=1S/C21H21N3O/c1-3-13-25-20-12-8-5-9-16(20)14-17(15-22)21-23-18-10-6-7-11-19(18)24(21)4-2/h5-12,14H,3-4,13H2,1-2H3/b17-14-. The summed E-state index contributed by atoms with van der Waals surface area (Å²) in [6, 6.07) is 18.0. The van der Waals surface area contributed by atoms with Gasteiger partial charge >= 0.3 is 0 Å². The van der Waals surface area contributed by atoms with Gasteiger partial charge in [-0.25, -0.2) is 4.98 Å². The van der Waals surface area contributed by atoms with E-state index in [1.165, 1.54) is 0 Å². The molecule has 0 aliphatic rings. The number of hydrogen-bond donors (Lipinski definition) is 0. The second-order valence-corrected chi connectivity index (χ2v) is 5.72. The van der Waals surface area contributed by atoms with Gasteiger partial charge < -0.3 is 9.30 Å². The number of benzene rings is 2. The average molecular weight is 331 g/mol. The summed E-state index contributed by atoms with van der Waals surface area (Å²) in [5.74, 6) is 1.48. The van der Waals surface area contributed by atoms with Crippen molar-refractivity contribution in [3.8, 4) is 11.8 Å². The molecule has 3 aromatic rings. The molecule has 0 atom stereocenters. The van der Waals surface area contributed by atoms with E-state index in [-0.39, 0.29) is 0 Å². The molecule has 0 amide bonds. The maximum absolute atomic E-state index is 9.74. The molecule has 126 valence electrons. The highest BCUT2D eigenvalue weighted by Crippen LogP contribution is 2.26. The minimum atomic E-state index is 0.533. The molecule has 0 aliphatic carbocycles. The van der Waals surface area contributed by atoms with E-state index >= 15 is 0 Å². The Morgan fingerprint density at radius 2 is 1.92 bits per heavy atom. The van der Waals surface area contributed by atoms with Gasteiger partial charge in [-0.1, -0.05) is 37.3 Å². The minimum Gasteiger partial charge on any atom is -0.493 e. The first kappa shape index (κ1) is 16.8. The number of nitrogens with zero attached hydrogens (tertiary/aromatic N) is 3. The summed E-state index contributed by atoms with van der Waals surface area (Å²) in [6.07, 6.45) is 2.80. The van der Waals surface area contributed by atoms with Crippen molar-refractivity contribution in [2.45, 2.75) is 26.8 Å². The van der Waals surface area contributed by atoms with E-state index in [1.807, 2.05) is 54.6 Å². The number of aryl methyl sites for hydroxylation is 1. The Morgan fingerprint density at radius 3 is 2.68 bits per heavy atom. The predicted molar refractivity (Wildman–Crippen MR) is 101 cm³/mol. The predicted octanol–water partition coefficient (Wildman–Crippen LogP) is 4.91. The van der Waals surface area contributed by atoms with Crippen LogP contribution in [0.1, 0.15) is 31.7 Å². The third-order valence-electron chi connectivity index (χ3n) is 4.01. The van der Waals surface area contributed by atoms with Gasteiger partial charge in [-0.3, -0.25) is 0 Å². The Balaban J connectivity index is 2.10. The number of para-hydroxylation sites is 3. The first-order chi connectivity index (χ1) is 12.3. The highest BCUT2D eigenvalue weighted by Gasteiger charge is 2.14. The van der Waals surface area contributed by atoms with Crippen molar-refractivity contribution in [1.29, 1.82) is 5.26 Å². The van der Waals surface area contributed by atoms with Gasteiger partial charge in [0.05, 0.1) is 23.2 Å². The molecule has 1 heterocycles. The van der Waals surface area contributed by atoms with Crippen molar-refractivity contribution in [3.05, 3.63) is 59.9 Å². The first-order valence-corrected chi connectivity index (χ1v) is 8.57. The van der Waals surface area contributed by atoms with Gasteiger partial charge in [0.1, 0.15) is 11.8 Å². The minimum absolute atomic E-state index is 0.533. The van der Waals surface area contributed by atoms with E-state index in [4.69, 9.17) is 4.74 Å². The maximum atomic E-state index is 9.74. The van der Waals surface area contributed by atoms with Crippen molar-refractivity contribution in [1.82, 2.24) is 9.55 Å². The average Bonchev–Trinajstić information content (AvgIpc) is 3.03. The lowest BCUT2D eigenvalue weighted by atomic mass is 10.1. The zero-order chi connectivity index (χ0) is 17.6. The molecule has 0 bridgehead atoms. The fourth-order valence-corrected chi connectivity index (χ4v) is 2.85. The summed E-state index contributed by atoms with van der Waals surface area (Å²) >= 11 is 0. The Morgan fingerprint density at radius 1 is 1.16 bits per heavy atom. The van der Waals surface area contributed by atoms with Crippen LogP contribution in [-0.2, 0) is 6.54 Å². The fraction of sp³-hybridized carbons (Fsp3) is 0.238. The molecular formula is C21H21N3O. The molecule has 1 aromatic heterocycles. The Hall–Kier alpha value is -3.06. The normalized spacial score (nSPS) is 11.5. The summed E-state index contributed by atoms with van der Waals surface area (Å²) in [5, 5.41) is 9.74. The van der Waals surface area contributed by atoms with Gasteiger partial charge in [0, 0.05) is 12.1 Å². The zero-order valence-corrected chi connectivity index (χ0v) is 14.6. The summed E-state index contributed by atoms with van der Waals surface area (Å²) in [4.78, 5) is 4.67. The van der Waals surface area contributed by atoms with Gasteiger partial charge in [-0.15, -0.1) is 0 Å². The van der Waals surface area contributed by atoms with Crippen LogP contribution in [0.25, 0.3) is 22.7 Å². The van der Waals surface area contributed by atoms with Crippen LogP contribution < -0.4 is 4.74 Å². The van der Waals surface area contributed by atoms with Crippen LogP contribution in [0.15, 0.2) is 48.5 Å². The van der Waals surface area contributed by atoms with E-state index in [0.29, 0.717) is 18.0 Å². The van der Waals surface area contributed by atoms with Crippen LogP contribution in [-0.4, -0.2) is 16.2 Å². The largest absolute Gasteiger partial charge is 0.493 e. The van der Waals surface area contributed by atoms with Crippen LogP contribution in [0.3, 0.4) is 0 Å². The van der Waals surface area contributed by atoms with E-state index in [0.717, 1.165) is 35.3 Å². The number of fused-ring (bicyclic) bond motifs is 1. The number of allylic oxidation sites excluding steroid dienone is 1. The third kappa shape index (κ3) is 3.41. The van der Waals surface area contributed by atoms with E-state index in [9.17, 15) is 5.26 Å². The van der Waals surface area contributed by atoms with E-state index < -0.39 is 0 Å². The van der Waals surface area contributed by atoms with Crippen LogP contribution >= 0.6 is 0 Å². The van der Waals surface area contributed by atoms with Crippen LogP contribution in [0.2, 0.25) is 0 Å². The monoisotopic (exact) mass is 331 g/mol. The third-order valence-corrected chi connectivity index (χ3v) is 4.01. The second-order valence-electron chi connectivity index (χ2n) is 5.72. The SMILES string of the molecule is CCCOc1ccccc1/C=C(/C#N)c1nc2ccccc2n1CC. The molecule has 3 rings (SSSR count). The molecule has 0 radical (unpaired) electrons. The molecule has 0 unspecified atom stereocenters. The van der Waals surface area contributed by atoms with Gasteiger partial charge in [0.2, 0.25) is 0 Å². The summed E-state index contributed by atoms with van der Waals surface area (Å²) in [7, 11) is 0. The van der Waals surface area contributed by atoms with Crippen molar-refractivity contribution in [3.63, 3.8) is 0 Å². The second kappa shape index (κ2) is 7.67. The molecular weight excluding hydrogens is 310 g/mol. The van der Waals surface area contributed by atoms with Gasteiger partial charge in [-0.2, -0.15) is 5.26 Å². The molecule has 0 fully saturated rings. The number of hydrogen-bond acceptors (Lipinski definition) is 3. The van der Waals surface area contributed by atoms with Crippen molar-refractivity contribution < 1.29 is 4.74 Å². The molecule has 0 saturated heterocycles. The lowest BCUT2D eigenvalue weighted by Gasteiger charge is -2.09. The topological polar surface area (TPSA) is 50.8 Å².